The van der Waals surface area contributed by atoms with Crippen LogP contribution < -0.4 is 16.6 Å². The Morgan fingerprint density at radius 2 is 1.71 bits per heavy atom. The summed E-state index contributed by atoms with van der Waals surface area (Å²) in [5.41, 5.74) is 6.36. The van der Waals surface area contributed by atoms with Gasteiger partial charge in [0.15, 0.2) is 0 Å². The van der Waals surface area contributed by atoms with E-state index in [-0.39, 0.29) is 11.7 Å². The molecule has 2 aromatic carbocycles. The lowest BCUT2D eigenvalue weighted by Crippen LogP contribution is -2.19. The molecule has 6 nitrogen and oxygen atoms in total. The molecule has 0 fully saturated rings. The van der Waals surface area contributed by atoms with E-state index in [9.17, 15) is 10.1 Å². The molecule has 6 heteroatoms. The number of nitrogen functional groups attached to an aromatic ring is 1. The molecule has 0 spiro atoms. The van der Waals surface area contributed by atoms with Gasteiger partial charge in [-0.2, -0.15) is 0 Å². The smallest absolute Gasteiger partial charge is 0.273 e. The third-order valence-corrected chi connectivity index (χ3v) is 3.72. The van der Waals surface area contributed by atoms with Crippen LogP contribution in [0.2, 0.25) is 0 Å². The Balaban J connectivity index is 1.80. The van der Waals surface area contributed by atoms with Gasteiger partial charge in [0, 0.05) is 23.9 Å². The predicted octanol–water partition coefficient (Wildman–Crippen LogP) is 2.46. The zero-order chi connectivity index (χ0) is 14.8. The van der Waals surface area contributed by atoms with Crippen LogP contribution in [-0.2, 0) is 12.8 Å². The average molecular weight is 284 g/mol. The highest BCUT2D eigenvalue weighted by atomic mass is 16.6. The van der Waals surface area contributed by atoms with Crippen molar-refractivity contribution in [2.75, 3.05) is 10.7 Å². The van der Waals surface area contributed by atoms with E-state index in [0.29, 0.717) is 11.4 Å². The Bertz CT molecular complexity index is 662. The second kappa shape index (κ2) is 5.41. The quantitative estimate of drug-likeness (QED) is 0.455. The van der Waals surface area contributed by atoms with Crippen molar-refractivity contribution >= 4 is 17.1 Å². The van der Waals surface area contributed by atoms with Crippen molar-refractivity contribution in [1.29, 1.82) is 0 Å². The van der Waals surface area contributed by atoms with Gasteiger partial charge in [-0.25, -0.2) is 0 Å². The van der Waals surface area contributed by atoms with Crippen LogP contribution in [0.5, 0.6) is 0 Å². The SMILES string of the molecule is NNc1cc(NC2Cc3ccccc3C2)cc([N+](=O)[O-])c1. The lowest BCUT2D eigenvalue weighted by molar-refractivity contribution is -0.384. The molecule has 1 aliphatic carbocycles. The number of hydrogen-bond acceptors (Lipinski definition) is 5. The molecule has 3 rings (SSSR count). The van der Waals surface area contributed by atoms with E-state index in [0.717, 1.165) is 12.8 Å². The standard InChI is InChI=1S/C15H16N4O2/c16-18-14-7-13(8-15(9-14)19(20)21)17-12-5-10-3-1-2-4-11(10)6-12/h1-4,7-9,12,17-18H,5-6,16H2. The molecule has 0 aliphatic heterocycles. The number of benzene rings is 2. The van der Waals surface area contributed by atoms with Gasteiger partial charge in [-0.15, -0.1) is 0 Å². The summed E-state index contributed by atoms with van der Waals surface area (Å²) >= 11 is 0. The van der Waals surface area contributed by atoms with Crippen molar-refractivity contribution in [3.8, 4) is 0 Å². The largest absolute Gasteiger partial charge is 0.381 e. The van der Waals surface area contributed by atoms with Gasteiger partial charge >= 0.3 is 0 Å². The van der Waals surface area contributed by atoms with Crippen LogP contribution in [0.3, 0.4) is 0 Å². The molecule has 0 amide bonds. The Labute approximate surface area is 122 Å². The van der Waals surface area contributed by atoms with Crippen LogP contribution in [0.1, 0.15) is 11.1 Å². The van der Waals surface area contributed by atoms with Crippen molar-refractivity contribution in [3.05, 3.63) is 63.7 Å². The van der Waals surface area contributed by atoms with Crippen molar-refractivity contribution < 1.29 is 4.92 Å². The summed E-state index contributed by atoms with van der Waals surface area (Å²) in [4.78, 5) is 10.5. The molecule has 0 heterocycles. The van der Waals surface area contributed by atoms with Crippen LogP contribution in [-0.4, -0.2) is 11.0 Å². The minimum Gasteiger partial charge on any atom is -0.381 e. The van der Waals surface area contributed by atoms with Crippen molar-refractivity contribution in [2.24, 2.45) is 5.84 Å². The maximum atomic E-state index is 10.9. The van der Waals surface area contributed by atoms with E-state index < -0.39 is 4.92 Å². The molecule has 0 atom stereocenters. The first-order valence-electron chi connectivity index (χ1n) is 6.75. The molecule has 2 aromatic rings. The molecular formula is C15H16N4O2. The van der Waals surface area contributed by atoms with E-state index >= 15 is 0 Å². The first-order valence-corrected chi connectivity index (χ1v) is 6.75. The highest BCUT2D eigenvalue weighted by molar-refractivity contribution is 5.63. The third-order valence-electron chi connectivity index (χ3n) is 3.72. The van der Waals surface area contributed by atoms with Crippen LogP contribution in [0, 0.1) is 10.1 Å². The second-order valence-corrected chi connectivity index (χ2v) is 5.19. The summed E-state index contributed by atoms with van der Waals surface area (Å²) in [7, 11) is 0. The zero-order valence-corrected chi connectivity index (χ0v) is 11.4. The van der Waals surface area contributed by atoms with E-state index in [1.54, 1.807) is 6.07 Å². The number of hydrazine groups is 1. The van der Waals surface area contributed by atoms with Gasteiger partial charge in [0.05, 0.1) is 10.6 Å². The molecule has 1 aliphatic rings. The Kier molecular flexibility index (Phi) is 3.45. The number of fused-ring (bicyclic) bond motifs is 1. The van der Waals surface area contributed by atoms with Gasteiger partial charge < -0.3 is 10.7 Å². The molecule has 4 N–H and O–H groups in total. The third kappa shape index (κ3) is 2.80. The van der Waals surface area contributed by atoms with Crippen molar-refractivity contribution in [2.45, 2.75) is 18.9 Å². The number of nitrogens with one attached hydrogen (secondary N) is 2. The maximum Gasteiger partial charge on any atom is 0.273 e. The lowest BCUT2D eigenvalue weighted by atomic mass is 10.1. The summed E-state index contributed by atoms with van der Waals surface area (Å²) in [6.07, 6.45) is 1.84. The van der Waals surface area contributed by atoms with Gasteiger partial charge in [-0.1, -0.05) is 24.3 Å². The van der Waals surface area contributed by atoms with E-state index in [1.165, 1.54) is 23.3 Å². The summed E-state index contributed by atoms with van der Waals surface area (Å²) in [5.74, 6) is 5.36. The average Bonchev–Trinajstić information content (AvgIpc) is 2.88. The highest BCUT2D eigenvalue weighted by Crippen LogP contribution is 2.28. The lowest BCUT2D eigenvalue weighted by Gasteiger charge is -2.14. The number of nitro groups is 1. The van der Waals surface area contributed by atoms with Crippen molar-refractivity contribution in [3.63, 3.8) is 0 Å². The van der Waals surface area contributed by atoms with E-state index in [2.05, 4.69) is 22.9 Å². The molecular weight excluding hydrogens is 268 g/mol. The molecule has 108 valence electrons. The van der Waals surface area contributed by atoms with E-state index in [1.807, 2.05) is 12.1 Å². The van der Waals surface area contributed by atoms with Crippen LogP contribution in [0.25, 0.3) is 0 Å². The zero-order valence-electron chi connectivity index (χ0n) is 11.4. The van der Waals surface area contributed by atoms with Gasteiger partial charge in [-0.3, -0.25) is 16.0 Å². The van der Waals surface area contributed by atoms with E-state index in [4.69, 9.17) is 5.84 Å². The van der Waals surface area contributed by atoms with Gasteiger partial charge in [-0.05, 0) is 30.0 Å². The molecule has 21 heavy (non-hydrogen) atoms. The van der Waals surface area contributed by atoms with Crippen LogP contribution in [0.15, 0.2) is 42.5 Å². The van der Waals surface area contributed by atoms with Crippen LogP contribution >= 0.6 is 0 Å². The Morgan fingerprint density at radius 3 is 2.29 bits per heavy atom. The van der Waals surface area contributed by atoms with Crippen molar-refractivity contribution in [1.82, 2.24) is 0 Å². The number of nitro benzene ring substituents is 1. The molecule has 0 bridgehead atoms. The minimum absolute atomic E-state index is 0.0171. The molecule has 0 saturated carbocycles. The molecule has 0 unspecified atom stereocenters. The minimum atomic E-state index is -0.421. The van der Waals surface area contributed by atoms with Gasteiger partial charge in [0.1, 0.15) is 0 Å². The predicted molar refractivity (Wildman–Crippen MR) is 82.2 cm³/mol. The summed E-state index contributed by atoms with van der Waals surface area (Å²) < 4.78 is 0. The number of non-ortho nitro benzene ring substituents is 1. The normalized spacial score (nSPS) is 13.8. The number of nitrogens with zero attached hydrogens (tertiary/aromatic N) is 1. The fourth-order valence-electron chi connectivity index (χ4n) is 2.78. The van der Waals surface area contributed by atoms with Crippen LogP contribution in [0.4, 0.5) is 17.1 Å². The molecule has 0 saturated heterocycles. The number of anilines is 2. The molecule has 0 aromatic heterocycles. The second-order valence-electron chi connectivity index (χ2n) is 5.19. The fourth-order valence-corrected chi connectivity index (χ4v) is 2.78. The maximum absolute atomic E-state index is 10.9. The molecule has 0 radical (unpaired) electrons. The summed E-state index contributed by atoms with van der Waals surface area (Å²) in [6, 6.07) is 13.3. The summed E-state index contributed by atoms with van der Waals surface area (Å²) in [6.45, 7) is 0. The summed E-state index contributed by atoms with van der Waals surface area (Å²) in [5, 5.41) is 14.3. The first-order chi connectivity index (χ1) is 10.2. The highest BCUT2D eigenvalue weighted by Gasteiger charge is 2.21. The fraction of sp³-hybridized carbons (Fsp3) is 0.200. The van der Waals surface area contributed by atoms with Gasteiger partial charge in [0.2, 0.25) is 0 Å². The first kappa shape index (κ1) is 13.4. The Morgan fingerprint density at radius 1 is 1.10 bits per heavy atom. The number of rotatable bonds is 4. The Hall–Kier alpha value is -2.60. The topological polar surface area (TPSA) is 93.2 Å². The van der Waals surface area contributed by atoms with Gasteiger partial charge in [0.25, 0.3) is 5.69 Å². The number of nitrogens with two attached hydrogens (primary N) is 1. The number of hydrogen-bond donors (Lipinski definition) is 3. The monoisotopic (exact) mass is 284 g/mol.